The van der Waals surface area contributed by atoms with Gasteiger partial charge in [0.1, 0.15) is 5.56 Å². The summed E-state index contributed by atoms with van der Waals surface area (Å²) in [6, 6.07) is 7.58. The predicted octanol–water partition coefficient (Wildman–Crippen LogP) is 1.22. The topological polar surface area (TPSA) is 105 Å². The highest BCUT2D eigenvalue weighted by atomic mass is 16.3. The number of para-hydroxylation sites is 1. The maximum Gasteiger partial charge on any atom is 0.328 e. The molecular weight excluding hydrogens is 308 g/mol. The minimum atomic E-state index is -0.711. The summed E-state index contributed by atoms with van der Waals surface area (Å²) in [6.45, 7) is 3.50. The zero-order chi connectivity index (χ0) is 16.8. The number of nitrogens with one attached hydrogen (secondary N) is 3. The molecule has 4 rings (SSSR count). The second kappa shape index (κ2) is 5.38. The summed E-state index contributed by atoms with van der Waals surface area (Å²) in [5.41, 5.74) is 1.96. The zero-order valence-corrected chi connectivity index (χ0v) is 13.2. The number of hydrogen-bond acceptors (Lipinski definition) is 4. The van der Waals surface area contributed by atoms with Crippen molar-refractivity contribution < 1.29 is 5.11 Å². The molecule has 0 bridgehead atoms. The summed E-state index contributed by atoms with van der Waals surface area (Å²) in [4.78, 5) is 33.8. The van der Waals surface area contributed by atoms with Crippen LogP contribution in [0.3, 0.4) is 0 Å². The lowest BCUT2D eigenvalue weighted by Crippen LogP contribution is -2.40. The number of rotatable bonds is 2. The van der Waals surface area contributed by atoms with Gasteiger partial charge in [-0.1, -0.05) is 25.1 Å². The van der Waals surface area contributed by atoms with Crippen molar-refractivity contribution in [1.29, 1.82) is 0 Å². The monoisotopic (exact) mass is 326 g/mol. The Morgan fingerprint density at radius 2 is 2.00 bits per heavy atom. The van der Waals surface area contributed by atoms with Crippen molar-refractivity contribution in [3.05, 3.63) is 61.9 Å². The molecule has 0 spiro atoms. The first-order chi connectivity index (χ1) is 11.6. The molecule has 0 saturated carbocycles. The smallest absolute Gasteiger partial charge is 0.328 e. The molecule has 1 aromatic carbocycles. The molecule has 0 radical (unpaired) electrons. The van der Waals surface area contributed by atoms with Crippen molar-refractivity contribution in [3.8, 4) is 5.88 Å². The van der Waals surface area contributed by atoms with Crippen LogP contribution in [0.4, 0.5) is 0 Å². The lowest BCUT2D eigenvalue weighted by Gasteiger charge is -2.34. The number of benzene rings is 1. The Morgan fingerprint density at radius 1 is 1.21 bits per heavy atom. The van der Waals surface area contributed by atoms with Gasteiger partial charge in [-0.3, -0.25) is 19.7 Å². The Kier molecular flexibility index (Phi) is 3.31. The molecular formula is C17H18N4O3. The number of hydrogen-bond donors (Lipinski definition) is 4. The molecule has 0 aliphatic carbocycles. The van der Waals surface area contributed by atoms with Gasteiger partial charge in [-0.15, -0.1) is 0 Å². The minimum absolute atomic E-state index is 0.170. The largest absolute Gasteiger partial charge is 0.494 e. The molecule has 3 aromatic rings. The number of H-pyrrole nitrogens is 3. The van der Waals surface area contributed by atoms with Crippen molar-refractivity contribution in [2.75, 3.05) is 13.1 Å². The number of likely N-dealkylation sites (N-methyl/N-ethyl adjacent to an activating group) is 1. The number of aromatic hydroxyl groups is 1. The van der Waals surface area contributed by atoms with Gasteiger partial charge in [0, 0.05) is 23.1 Å². The second-order valence-electron chi connectivity index (χ2n) is 6.01. The van der Waals surface area contributed by atoms with Gasteiger partial charge in [0.05, 0.1) is 6.04 Å². The fourth-order valence-electron chi connectivity index (χ4n) is 3.70. The zero-order valence-electron chi connectivity index (χ0n) is 13.2. The first-order valence-corrected chi connectivity index (χ1v) is 7.99. The highest BCUT2D eigenvalue weighted by molar-refractivity contribution is 5.85. The van der Waals surface area contributed by atoms with Crippen LogP contribution in [0.1, 0.15) is 29.8 Å². The standard InChI is InChI=1S/C17H18N4O3/c1-2-21-8-7-10-9-5-3-4-6-11(9)18-13(10)14(21)12-15(22)19-17(24)20-16(12)23/h3-6,14,18H,2,7-8H2,1H3,(H3,19,20,22,23,24). The van der Waals surface area contributed by atoms with E-state index in [1.807, 2.05) is 25.1 Å². The van der Waals surface area contributed by atoms with E-state index in [1.165, 1.54) is 0 Å². The molecule has 0 amide bonds. The van der Waals surface area contributed by atoms with Gasteiger partial charge in [0.25, 0.3) is 5.56 Å². The molecule has 0 fully saturated rings. The van der Waals surface area contributed by atoms with Gasteiger partial charge in [0.2, 0.25) is 5.88 Å². The molecule has 3 heterocycles. The van der Waals surface area contributed by atoms with E-state index in [0.29, 0.717) is 0 Å². The van der Waals surface area contributed by atoms with Crippen molar-refractivity contribution in [1.82, 2.24) is 19.9 Å². The Morgan fingerprint density at radius 3 is 2.75 bits per heavy atom. The lowest BCUT2D eigenvalue weighted by molar-refractivity contribution is 0.216. The number of aromatic amines is 3. The fraction of sp³-hybridized carbons (Fsp3) is 0.294. The van der Waals surface area contributed by atoms with E-state index in [0.717, 1.165) is 41.7 Å². The third-order valence-corrected chi connectivity index (χ3v) is 4.77. The van der Waals surface area contributed by atoms with Crippen LogP contribution >= 0.6 is 0 Å². The van der Waals surface area contributed by atoms with E-state index >= 15 is 0 Å². The van der Waals surface area contributed by atoms with Crippen LogP contribution in [-0.4, -0.2) is 38.0 Å². The van der Waals surface area contributed by atoms with Crippen LogP contribution < -0.4 is 11.2 Å². The Balaban J connectivity index is 2.01. The summed E-state index contributed by atoms with van der Waals surface area (Å²) >= 11 is 0. The first kappa shape index (κ1) is 14.8. The second-order valence-corrected chi connectivity index (χ2v) is 6.01. The molecule has 7 heteroatoms. The molecule has 2 aromatic heterocycles. The predicted molar refractivity (Wildman–Crippen MR) is 90.4 cm³/mol. The summed E-state index contributed by atoms with van der Waals surface area (Å²) < 4.78 is 0. The summed E-state index contributed by atoms with van der Waals surface area (Å²) in [5.74, 6) is -0.376. The first-order valence-electron chi connectivity index (χ1n) is 7.99. The summed E-state index contributed by atoms with van der Waals surface area (Å²) in [5, 5.41) is 11.4. The van der Waals surface area contributed by atoms with E-state index in [9.17, 15) is 14.7 Å². The fourth-order valence-corrected chi connectivity index (χ4v) is 3.70. The molecule has 1 atom stereocenters. The van der Waals surface area contributed by atoms with Gasteiger partial charge in [0.15, 0.2) is 0 Å². The molecule has 124 valence electrons. The van der Waals surface area contributed by atoms with Gasteiger partial charge in [-0.05, 0) is 24.6 Å². The summed E-state index contributed by atoms with van der Waals surface area (Å²) in [7, 11) is 0. The van der Waals surface area contributed by atoms with Crippen molar-refractivity contribution >= 4 is 10.9 Å². The SMILES string of the molecule is CCN1CCc2c([nH]c3ccccc23)C1c1c(O)[nH]c(=O)[nH]c1=O. The maximum absolute atomic E-state index is 12.4. The molecule has 0 saturated heterocycles. The quantitative estimate of drug-likeness (QED) is 0.568. The number of nitrogens with zero attached hydrogens (tertiary/aromatic N) is 1. The normalized spacial score (nSPS) is 18.0. The van der Waals surface area contributed by atoms with Crippen LogP contribution in [0.2, 0.25) is 0 Å². The van der Waals surface area contributed by atoms with E-state index in [1.54, 1.807) is 0 Å². The van der Waals surface area contributed by atoms with E-state index in [-0.39, 0.29) is 11.4 Å². The molecule has 4 N–H and O–H groups in total. The Bertz CT molecular complexity index is 1030. The Labute approximate surface area is 137 Å². The number of aromatic nitrogens is 3. The lowest BCUT2D eigenvalue weighted by atomic mass is 9.93. The summed E-state index contributed by atoms with van der Waals surface area (Å²) in [6.07, 6.45) is 0.867. The third-order valence-electron chi connectivity index (χ3n) is 4.77. The highest BCUT2D eigenvalue weighted by Crippen LogP contribution is 2.38. The van der Waals surface area contributed by atoms with E-state index < -0.39 is 17.3 Å². The molecule has 7 nitrogen and oxygen atoms in total. The van der Waals surface area contributed by atoms with Gasteiger partial charge < -0.3 is 10.1 Å². The van der Waals surface area contributed by atoms with Crippen LogP contribution in [0.15, 0.2) is 33.9 Å². The van der Waals surface area contributed by atoms with Gasteiger partial charge in [-0.2, -0.15) is 0 Å². The average Bonchev–Trinajstić information content (AvgIpc) is 2.93. The van der Waals surface area contributed by atoms with Crippen LogP contribution in [0.5, 0.6) is 5.88 Å². The van der Waals surface area contributed by atoms with Crippen molar-refractivity contribution in [2.24, 2.45) is 0 Å². The molecule has 1 aliphatic heterocycles. The average molecular weight is 326 g/mol. The van der Waals surface area contributed by atoms with Gasteiger partial charge >= 0.3 is 5.69 Å². The van der Waals surface area contributed by atoms with Crippen LogP contribution in [0, 0.1) is 0 Å². The van der Waals surface area contributed by atoms with Crippen molar-refractivity contribution in [2.45, 2.75) is 19.4 Å². The van der Waals surface area contributed by atoms with E-state index in [2.05, 4.69) is 25.9 Å². The van der Waals surface area contributed by atoms with E-state index in [4.69, 9.17) is 0 Å². The number of fused-ring (bicyclic) bond motifs is 3. The van der Waals surface area contributed by atoms with Crippen LogP contribution in [0.25, 0.3) is 10.9 Å². The Hall–Kier alpha value is -2.80. The molecule has 1 aliphatic rings. The molecule has 1 unspecified atom stereocenters. The maximum atomic E-state index is 12.4. The minimum Gasteiger partial charge on any atom is -0.494 e. The van der Waals surface area contributed by atoms with Gasteiger partial charge in [-0.25, -0.2) is 4.79 Å². The van der Waals surface area contributed by atoms with Crippen LogP contribution in [-0.2, 0) is 6.42 Å². The van der Waals surface area contributed by atoms with Crippen molar-refractivity contribution in [3.63, 3.8) is 0 Å². The molecule has 24 heavy (non-hydrogen) atoms. The highest BCUT2D eigenvalue weighted by Gasteiger charge is 2.34. The third kappa shape index (κ3) is 2.09.